The highest BCUT2D eigenvalue weighted by atomic mass is 32.2. The van der Waals surface area contributed by atoms with Crippen molar-refractivity contribution in [3.05, 3.63) is 64.7 Å². The molecule has 4 rings (SSSR count). The fourth-order valence-electron chi connectivity index (χ4n) is 4.71. The smallest absolute Gasteiger partial charge is 0.394 e. The first-order chi connectivity index (χ1) is 18.7. The molecule has 0 saturated carbocycles. The van der Waals surface area contributed by atoms with E-state index in [1.54, 1.807) is 25.1 Å². The van der Waals surface area contributed by atoms with Crippen LogP contribution in [0, 0.1) is 6.92 Å². The fraction of sp³-hybridized carbons (Fsp3) is 0.423. The number of sulfonamides is 1. The molecule has 216 valence electrons. The summed E-state index contributed by atoms with van der Waals surface area (Å²) in [6.45, 7) is 1.38. The lowest BCUT2D eigenvalue weighted by Crippen LogP contribution is -2.50. The average Bonchev–Trinajstić information content (AvgIpc) is 3.22. The van der Waals surface area contributed by atoms with E-state index in [0.717, 1.165) is 23.3 Å². The maximum atomic E-state index is 13.1. The third-order valence-corrected chi connectivity index (χ3v) is 9.03. The Kier molecular flexibility index (Phi) is 8.36. The van der Waals surface area contributed by atoms with Crippen molar-refractivity contribution in [2.24, 2.45) is 10.7 Å². The van der Waals surface area contributed by atoms with Crippen LogP contribution < -0.4 is 16.4 Å². The molecule has 0 radical (unpaired) electrons. The summed E-state index contributed by atoms with van der Waals surface area (Å²) in [6, 6.07) is 8.50. The summed E-state index contributed by atoms with van der Waals surface area (Å²) in [6.07, 6.45) is -4.12. The minimum Gasteiger partial charge on any atom is -0.394 e. The van der Waals surface area contributed by atoms with Crippen molar-refractivity contribution in [2.75, 3.05) is 30.8 Å². The number of nitrogens with zero attached hydrogens (tertiary/aromatic N) is 2. The van der Waals surface area contributed by atoms with Gasteiger partial charge in [-0.1, -0.05) is 18.2 Å². The number of rotatable bonds is 8. The first-order valence-electron chi connectivity index (χ1n) is 12.6. The molecule has 0 aliphatic carbocycles. The Bertz CT molecular complexity index is 1440. The van der Waals surface area contributed by atoms with Crippen LogP contribution in [-0.4, -0.2) is 72.5 Å². The van der Waals surface area contributed by atoms with Gasteiger partial charge in [-0.2, -0.15) is 13.2 Å². The van der Waals surface area contributed by atoms with Gasteiger partial charge in [0.25, 0.3) is 5.91 Å². The molecular weight excluding hydrogens is 551 g/mol. The molecule has 2 amide bonds. The highest BCUT2D eigenvalue weighted by Crippen LogP contribution is 2.34. The highest BCUT2D eigenvalue weighted by molar-refractivity contribution is 7.89. The van der Waals surface area contributed by atoms with Crippen LogP contribution in [0.25, 0.3) is 0 Å². The van der Waals surface area contributed by atoms with Crippen LogP contribution in [0.1, 0.15) is 35.1 Å². The maximum absolute atomic E-state index is 13.1. The molecule has 2 aromatic rings. The number of hydrogen-bond donors (Lipinski definition) is 4. The largest absolute Gasteiger partial charge is 0.416 e. The molecular formula is C26H30F3N5O5S. The lowest BCUT2D eigenvalue weighted by molar-refractivity contribution is -0.137. The number of alkyl halides is 3. The molecule has 10 nitrogen and oxygen atoms in total. The minimum absolute atomic E-state index is 0.0425. The number of amidine groups is 1. The number of aliphatic imine (C=N–C) groups is 1. The van der Waals surface area contributed by atoms with E-state index in [4.69, 9.17) is 10.8 Å². The summed E-state index contributed by atoms with van der Waals surface area (Å²) in [7, 11) is -3.68. The number of amides is 2. The number of aryl methyl sites for hydroxylation is 2. The Morgan fingerprint density at radius 2 is 1.93 bits per heavy atom. The van der Waals surface area contributed by atoms with E-state index in [-0.39, 0.29) is 49.5 Å². The number of anilines is 1. The first kappa shape index (κ1) is 29.6. The molecule has 2 aliphatic heterocycles. The summed E-state index contributed by atoms with van der Waals surface area (Å²) in [4.78, 5) is 29.1. The number of carbonyl (C=O) groups is 2. The summed E-state index contributed by atoms with van der Waals surface area (Å²) in [5.74, 6) is -1.13. The monoisotopic (exact) mass is 581 g/mol. The van der Waals surface area contributed by atoms with Crippen molar-refractivity contribution in [1.82, 2.24) is 9.62 Å². The lowest BCUT2D eigenvalue weighted by Gasteiger charge is -2.34. The lowest BCUT2D eigenvalue weighted by atomic mass is 9.89. The van der Waals surface area contributed by atoms with E-state index < -0.39 is 51.8 Å². The number of hydrogen-bond acceptors (Lipinski definition) is 7. The molecule has 0 bridgehead atoms. The number of carbonyl (C=O) groups excluding carboxylic acids is 2. The molecule has 2 aliphatic rings. The highest BCUT2D eigenvalue weighted by Gasteiger charge is 2.47. The number of benzene rings is 2. The van der Waals surface area contributed by atoms with Crippen LogP contribution in [-0.2, 0) is 32.2 Å². The zero-order chi connectivity index (χ0) is 29.3. The number of piperidine rings is 1. The topological polar surface area (TPSA) is 154 Å². The van der Waals surface area contributed by atoms with Crippen LogP contribution in [0.3, 0.4) is 0 Å². The molecule has 14 heteroatoms. The van der Waals surface area contributed by atoms with Crippen molar-refractivity contribution in [1.29, 1.82) is 0 Å². The Morgan fingerprint density at radius 3 is 2.55 bits per heavy atom. The summed E-state index contributed by atoms with van der Waals surface area (Å²) in [5, 5.41) is 14.2. The second kappa shape index (κ2) is 11.3. The van der Waals surface area contributed by atoms with Crippen molar-refractivity contribution >= 4 is 33.4 Å². The van der Waals surface area contributed by atoms with E-state index in [2.05, 4.69) is 15.6 Å². The summed E-state index contributed by atoms with van der Waals surface area (Å²) >= 11 is 0. The molecule has 1 saturated heterocycles. The summed E-state index contributed by atoms with van der Waals surface area (Å²) < 4.78 is 66.8. The van der Waals surface area contributed by atoms with Gasteiger partial charge in [-0.05, 0) is 61.6 Å². The SMILES string of the molecule is Cc1cc(NC(=O)[C@@H](N)CO)ccc1CCS(=O)(=O)N1CCC2(CC1)N=C(c1cccc(C(F)(F)F)c1)NC2=O. The van der Waals surface area contributed by atoms with Crippen LogP contribution in [0.5, 0.6) is 0 Å². The molecule has 40 heavy (non-hydrogen) atoms. The molecule has 5 N–H and O–H groups in total. The number of nitrogens with one attached hydrogen (secondary N) is 2. The van der Waals surface area contributed by atoms with Gasteiger partial charge in [0.05, 0.1) is 17.9 Å². The van der Waals surface area contributed by atoms with E-state index in [1.807, 2.05) is 0 Å². The number of aliphatic hydroxyl groups is 1. The fourth-order valence-corrected chi connectivity index (χ4v) is 6.18. The maximum Gasteiger partial charge on any atom is 0.416 e. The van der Waals surface area contributed by atoms with Gasteiger partial charge < -0.3 is 21.5 Å². The van der Waals surface area contributed by atoms with Gasteiger partial charge in [0.15, 0.2) is 0 Å². The zero-order valence-electron chi connectivity index (χ0n) is 21.7. The zero-order valence-corrected chi connectivity index (χ0v) is 22.5. The van der Waals surface area contributed by atoms with Crippen molar-refractivity contribution in [3.63, 3.8) is 0 Å². The van der Waals surface area contributed by atoms with Gasteiger partial charge in [-0.15, -0.1) is 0 Å². The van der Waals surface area contributed by atoms with E-state index in [1.165, 1.54) is 16.4 Å². The Balaban J connectivity index is 1.38. The van der Waals surface area contributed by atoms with E-state index >= 15 is 0 Å². The minimum atomic E-state index is -4.54. The molecule has 0 aromatic heterocycles. The van der Waals surface area contributed by atoms with Gasteiger partial charge >= 0.3 is 6.18 Å². The third-order valence-electron chi connectivity index (χ3n) is 7.16. The van der Waals surface area contributed by atoms with Crippen LogP contribution >= 0.6 is 0 Å². The predicted molar refractivity (Wildman–Crippen MR) is 142 cm³/mol. The average molecular weight is 582 g/mol. The Hall–Kier alpha value is -3.33. The molecule has 1 fully saturated rings. The Labute approximate surface area is 229 Å². The van der Waals surface area contributed by atoms with E-state index in [0.29, 0.717) is 5.69 Å². The van der Waals surface area contributed by atoms with E-state index in [9.17, 15) is 31.2 Å². The molecule has 1 spiro atoms. The first-order valence-corrected chi connectivity index (χ1v) is 14.2. The van der Waals surface area contributed by atoms with Crippen molar-refractivity contribution < 1.29 is 36.3 Å². The van der Waals surface area contributed by atoms with Crippen molar-refractivity contribution in [3.8, 4) is 0 Å². The van der Waals surface area contributed by atoms with Crippen LogP contribution in [0.4, 0.5) is 18.9 Å². The molecule has 1 atom stereocenters. The number of aliphatic hydroxyl groups excluding tert-OH is 1. The third kappa shape index (κ3) is 6.35. The van der Waals surface area contributed by atoms with Gasteiger partial charge in [0.1, 0.15) is 17.4 Å². The van der Waals surface area contributed by atoms with Crippen LogP contribution in [0.15, 0.2) is 47.5 Å². The predicted octanol–water partition coefficient (Wildman–Crippen LogP) is 1.56. The molecule has 0 unspecified atom stereocenters. The van der Waals surface area contributed by atoms with Crippen molar-refractivity contribution in [2.45, 2.75) is 43.9 Å². The standard InChI is InChI=1S/C26H30F3N5O5S/c1-16-13-20(31-23(36)21(30)15-35)6-5-17(16)7-12-40(38,39)34-10-8-25(9-11-34)24(37)32-22(33-25)18-3-2-4-19(14-18)26(27,28)29/h2-6,13-14,21,35H,7-12,15,30H2,1H3,(H,31,36)(H,32,33,37)/t21-/m0/s1. The normalized spacial score (nSPS) is 18.4. The second-order valence-corrected chi connectivity index (χ2v) is 12.0. The second-order valence-electron chi connectivity index (χ2n) is 9.91. The molecule has 2 heterocycles. The van der Waals surface area contributed by atoms with Gasteiger partial charge in [0.2, 0.25) is 15.9 Å². The van der Waals surface area contributed by atoms with Gasteiger partial charge in [-0.25, -0.2) is 12.7 Å². The quantitative estimate of drug-likeness (QED) is 0.371. The van der Waals surface area contributed by atoms with Gasteiger partial charge in [0, 0.05) is 24.3 Å². The van der Waals surface area contributed by atoms with Crippen LogP contribution in [0.2, 0.25) is 0 Å². The summed E-state index contributed by atoms with van der Waals surface area (Å²) in [5.41, 5.74) is 5.55. The Morgan fingerprint density at radius 1 is 1.23 bits per heavy atom. The molecule has 2 aromatic carbocycles. The number of halogens is 3. The van der Waals surface area contributed by atoms with Gasteiger partial charge in [-0.3, -0.25) is 14.6 Å². The number of nitrogens with two attached hydrogens (primary N) is 1.